The molecule has 0 amide bonds. The van der Waals surface area contributed by atoms with E-state index in [1.807, 2.05) is 18.4 Å². The van der Waals surface area contributed by atoms with E-state index in [0.29, 0.717) is 15.8 Å². The van der Waals surface area contributed by atoms with Crippen molar-refractivity contribution in [3.8, 4) is 5.75 Å². The summed E-state index contributed by atoms with van der Waals surface area (Å²) in [5.74, 6) is 0.538. The van der Waals surface area contributed by atoms with Crippen molar-refractivity contribution in [3.63, 3.8) is 0 Å². The third kappa shape index (κ3) is 3.88. The second-order valence-electron chi connectivity index (χ2n) is 4.46. The summed E-state index contributed by atoms with van der Waals surface area (Å²) < 4.78 is 28.8. The van der Waals surface area contributed by atoms with Gasteiger partial charge in [0.2, 0.25) is 10.0 Å². The van der Waals surface area contributed by atoms with Gasteiger partial charge in [0.05, 0.1) is 22.0 Å². The van der Waals surface area contributed by atoms with E-state index in [2.05, 4.69) is 5.32 Å². The number of thiophene rings is 1. The molecular formula is C13H15ClN2O3S2. The molecule has 2 rings (SSSR count). The first-order valence-electron chi connectivity index (χ1n) is 6.02. The van der Waals surface area contributed by atoms with E-state index in [0.717, 1.165) is 5.56 Å². The van der Waals surface area contributed by atoms with Crippen LogP contribution in [0.25, 0.3) is 0 Å². The van der Waals surface area contributed by atoms with Crippen LogP contribution in [0.2, 0.25) is 4.34 Å². The van der Waals surface area contributed by atoms with Crippen LogP contribution in [0.1, 0.15) is 18.5 Å². The molecule has 0 saturated heterocycles. The van der Waals surface area contributed by atoms with E-state index in [4.69, 9.17) is 21.5 Å². The molecule has 0 spiro atoms. The van der Waals surface area contributed by atoms with E-state index in [-0.39, 0.29) is 10.9 Å². The molecule has 1 aromatic heterocycles. The van der Waals surface area contributed by atoms with Gasteiger partial charge >= 0.3 is 0 Å². The molecule has 3 N–H and O–H groups in total. The van der Waals surface area contributed by atoms with Crippen molar-refractivity contribution < 1.29 is 13.2 Å². The molecule has 1 unspecified atom stereocenters. The van der Waals surface area contributed by atoms with Crippen LogP contribution in [0.3, 0.4) is 0 Å². The fourth-order valence-corrected chi connectivity index (χ4v) is 3.37. The van der Waals surface area contributed by atoms with Crippen molar-refractivity contribution in [1.82, 2.24) is 0 Å². The first-order valence-corrected chi connectivity index (χ1v) is 8.83. The number of sulfonamides is 1. The van der Waals surface area contributed by atoms with Gasteiger partial charge in [-0.25, -0.2) is 13.6 Å². The zero-order chi connectivity index (χ0) is 15.6. The Morgan fingerprint density at radius 2 is 2.10 bits per heavy atom. The van der Waals surface area contributed by atoms with E-state index in [1.54, 1.807) is 6.07 Å². The number of nitrogens with one attached hydrogen (secondary N) is 1. The average molecular weight is 347 g/mol. The minimum atomic E-state index is -3.76. The van der Waals surface area contributed by atoms with E-state index in [9.17, 15) is 8.42 Å². The lowest BCUT2D eigenvalue weighted by molar-refractivity contribution is 0.415. The normalized spacial score (nSPS) is 13.0. The van der Waals surface area contributed by atoms with Crippen molar-refractivity contribution in [2.75, 3.05) is 12.4 Å². The minimum Gasteiger partial charge on any atom is -0.495 e. The minimum absolute atomic E-state index is 0.0290. The number of halogens is 1. The van der Waals surface area contributed by atoms with Gasteiger partial charge < -0.3 is 10.1 Å². The number of hydrogen-bond acceptors (Lipinski definition) is 5. The van der Waals surface area contributed by atoms with Crippen LogP contribution < -0.4 is 15.2 Å². The van der Waals surface area contributed by atoms with Gasteiger partial charge in [0.15, 0.2) is 0 Å². The summed E-state index contributed by atoms with van der Waals surface area (Å²) in [5, 5.41) is 10.3. The highest BCUT2D eigenvalue weighted by atomic mass is 35.5. The van der Waals surface area contributed by atoms with Crippen molar-refractivity contribution in [3.05, 3.63) is 39.5 Å². The zero-order valence-electron chi connectivity index (χ0n) is 11.5. The number of methoxy groups -OCH3 is 1. The number of ether oxygens (including phenoxy) is 1. The summed E-state index contributed by atoms with van der Waals surface area (Å²) >= 11 is 7.36. The molecule has 2 aromatic rings. The summed E-state index contributed by atoms with van der Waals surface area (Å²) in [5.41, 5.74) is 1.56. The molecule has 0 aliphatic rings. The van der Waals surface area contributed by atoms with Gasteiger partial charge in [-0.15, -0.1) is 11.3 Å². The number of anilines is 1. The van der Waals surface area contributed by atoms with Crippen LogP contribution in [0.4, 0.5) is 5.69 Å². The Kier molecular flexibility index (Phi) is 4.77. The highest BCUT2D eigenvalue weighted by Crippen LogP contribution is 2.32. The summed E-state index contributed by atoms with van der Waals surface area (Å²) in [6.07, 6.45) is 0. The quantitative estimate of drug-likeness (QED) is 0.870. The zero-order valence-corrected chi connectivity index (χ0v) is 13.8. The summed E-state index contributed by atoms with van der Waals surface area (Å²) in [6, 6.07) is 6.23. The second kappa shape index (κ2) is 6.23. The topological polar surface area (TPSA) is 81.4 Å². The lowest BCUT2D eigenvalue weighted by Crippen LogP contribution is -2.13. The molecule has 8 heteroatoms. The standard InChI is InChI=1S/C13H15ClN2O3S2/c1-8(9-5-13(14)20-7-9)16-11-6-10(21(15,17)18)3-4-12(11)19-2/h3-8,16H,1-2H3,(H2,15,17,18). The van der Waals surface area contributed by atoms with Gasteiger partial charge in [0, 0.05) is 6.04 Å². The lowest BCUT2D eigenvalue weighted by atomic mass is 10.1. The second-order valence-corrected chi connectivity index (χ2v) is 7.56. The molecule has 0 fully saturated rings. The van der Waals surface area contributed by atoms with Crippen LogP contribution in [0.5, 0.6) is 5.75 Å². The van der Waals surface area contributed by atoms with E-state index >= 15 is 0 Å². The maximum Gasteiger partial charge on any atom is 0.238 e. The number of nitrogens with two attached hydrogens (primary N) is 1. The van der Waals surface area contributed by atoms with Gasteiger partial charge in [-0.3, -0.25) is 0 Å². The molecule has 21 heavy (non-hydrogen) atoms. The largest absolute Gasteiger partial charge is 0.495 e. The van der Waals surface area contributed by atoms with Gasteiger partial charge in [0.1, 0.15) is 5.75 Å². The van der Waals surface area contributed by atoms with Crippen LogP contribution >= 0.6 is 22.9 Å². The Morgan fingerprint density at radius 3 is 2.62 bits per heavy atom. The Labute approximate surface area is 132 Å². The monoisotopic (exact) mass is 346 g/mol. The predicted octanol–water partition coefficient (Wildman–Crippen LogP) is 3.23. The molecule has 1 aromatic carbocycles. The fourth-order valence-electron chi connectivity index (χ4n) is 1.84. The fraction of sp³-hybridized carbons (Fsp3) is 0.231. The molecule has 0 radical (unpaired) electrons. The summed E-state index contributed by atoms with van der Waals surface area (Å²) in [4.78, 5) is 0.0290. The molecular weight excluding hydrogens is 332 g/mol. The molecule has 0 saturated carbocycles. The molecule has 114 valence electrons. The highest BCUT2D eigenvalue weighted by molar-refractivity contribution is 7.89. The number of hydrogen-bond donors (Lipinski definition) is 2. The Morgan fingerprint density at radius 1 is 1.38 bits per heavy atom. The SMILES string of the molecule is COc1ccc(S(N)(=O)=O)cc1NC(C)c1csc(Cl)c1. The first kappa shape index (κ1) is 16.1. The lowest BCUT2D eigenvalue weighted by Gasteiger charge is -2.17. The van der Waals surface area contributed by atoms with Crippen molar-refractivity contribution in [1.29, 1.82) is 0 Å². The van der Waals surface area contributed by atoms with E-state index < -0.39 is 10.0 Å². The smallest absolute Gasteiger partial charge is 0.238 e. The van der Waals surface area contributed by atoms with E-state index in [1.165, 1.54) is 30.6 Å². The molecule has 0 aliphatic heterocycles. The van der Waals surface area contributed by atoms with Crippen molar-refractivity contribution in [2.45, 2.75) is 17.9 Å². The molecule has 5 nitrogen and oxygen atoms in total. The third-order valence-corrected chi connectivity index (χ3v) is 4.98. The Balaban J connectivity index is 2.33. The van der Waals surface area contributed by atoms with Gasteiger partial charge in [-0.1, -0.05) is 11.6 Å². The third-order valence-electron chi connectivity index (χ3n) is 2.96. The Bertz CT molecular complexity index is 744. The number of rotatable bonds is 5. The van der Waals surface area contributed by atoms with Crippen molar-refractivity contribution in [2.24, 2.45) is 5.14 Å². The van der Waals surface area contributed by atoms with Crippen LogP contribution in [-0.4, -0.2) is 15.5 Å². The molecule has 0 bridgehead atoms. The number of benzene rings is 1. The maximum atomic E-state index is 11.4. The predicted molar refractivity (Wildman–Crippen MR) is 85.7 cm³/mol. The summed E-state index contributed by atoms with van der Waals surface area (Å²) in [6.45, 7) is 1.95. The maximum absolute atomic E-state index is 11.4. The number of primary sulfonamides is 1. The highest BCUT2D eigenvalue weighted by Gasteiger charge is 2.15. The van der Waals surface area contributed by atoms with Crippen LogP contribution in [0.15, 0.2) is 34.5 Å². The average Bonchev–Trinajstić information content (AvgIpc) is 2.84. The van der Waals surface area contributed by atoms with Gasteiger partial charge in [-0.05, 0) is 42.1 Å². The van der Waals surface area contributed by atoms with Gasteiger partial charge in [-0.2, -0.15) is 0 Å². The molecule has 1 heterocycles. The van der Waals surface area contributed by atoms with Crippen LogP contribution in [-0.2, 0) is 10.0 Å². The first-order chi connectivity index (χ1) is 9.81. The van der Waals surface area contributed by atoms with Crippen molar-refractivity contribution >= 4 is 38.6 Å². The van der Waals surface area contributed by atoms with Gasteiger partial charge in [0.25, 0.3) is 0 Å². The molecule has 1 atom stereocenters. The van der Waals surface area contributed by atoms with Crippen LogP contribution in [0, 0.1) is 0 Å². The summed E-state index contributed by atoms with van der Waals surface area (Å²) in [7, 11) is -2.24. The molecule has 0 aliphatic carbocycles. The Hall–Kier alpha value is -1.28.